The van der Waals surface area contributed by atoms with E-state index in [2.05, 4.69) is 19.1 Å². The number of allylic oxidation sites excluding steroid dienone is 2. The summed E-state index contributed by atoms with van der Waals surface area (Å²) >= 11 is 0. The summed E-state index contributed by atoms with van der Waals surface area (Å²) in [4.78, 5) is 21.5. The average molecular weight is 419 g/mol. The molecule has 5 heteroatoms. The van der Waals surface area contributed by atoms with Gasteiger partial charge in [-0.25, -0.2) is 0 Å². The Bertz CT molecular complexity index is 410. The normalized spacial score (nSPS) is 12.0. The van der Waals surface area contributed by atoms with E-state index >= 15 is 0 Å². The predicted molar refractivity (Wildman–Crippen MR) is 114 cm³/mol. The summed E-state index contributed by atoms with van der Waals surface area (Å²) in [6.45, 7) is 2.26. The number of carboxylic acid groups (broad SMARTS) is 2. The summed E-state index contributed by atoms with van der Waals surface area (Å²) in [5.74, 6) is -3.15. The summed E-state index contributed by atoms with van der Waals surface area (Å²) in [6, 6.07) is 0. The zero-order valence-electron chi connectivity index (χ0n) is 19.1. The number of carbonyl (C=O) groups is 2. The first-order valence-electron chi connectivity index (χ1n) is 11.7. The molecule has 0 saturated carbocycles. The topological polar surface area (TPSA) is 77.4 Å². The van der Waals surface area contributed by atoms with Gasteiger partial charge in [0.15, 0.2) is 0 Å². The maximum absolute atomic E-state index is 10.9. The fourth-order valence-electron chi connectivity index (χ4n) is 3.51. The average Bonchev–Trinajstić information content (AvgIpc) is 2.65. The molecule has 1 atom stereocenters. The third kappa shape index (κ3) is 23.8. The van der Waals surface area contributed by atoms with E-state index in [1.54, 1.807) is 0 Å². The molecule has 1 N–H and O–H groups in total. The van der Waals surface area contributed by atoms with E-state index in [0.717, 1.165) is 12.8 Å². The van der Waals surface area contributed by atoms with Crippen LogP contribution in [0.15, 0.2) is 12.2 Å². The van der Waals surface area contributed by atoms with Gasteiger partial charge in [-0.2, -0.15) is 0 Å². The van der Waals surface area contributed by atoms with E-state index in [0.29, 0.717) is 12.8 Å². The Morgan fingerprint density at radius 1 is 0.759 bits per heavy atom. The van der Waals surface area contributed by atoms with Crippen LogP contribution in [0.4, 0.5) is 0 Å². The first-order chi connectivity index (χ1) is 13.6. The van der Waals surface area contributed by atoms with Crippen molar-refractivity contribution in [1.82, 2.24) is 0 Å². The third-order valence-electron chi connectivity index (χ3n) is 5.33. The van der Waals surface area contributed by atoms with Crippen LogP contribution < -0.4 is 34.7 Å². The van der Waals surface area contributed by atoms with Crippen LogP contribution in [0.5, 0.6) is 0 Å². The quantitative estimate of drug-likeness (QED) is 0.177. The van der Waals surface area contributed by atoms with Gasteiger partial charge in [0.25, 0.3) is 0 Å². The third-order valence-corrected chi connectivity index (χ3v) is 5.33. The second-order valence-electron chi connectivity index (χ2n) is 8.04. The van der Waals surface area contributed by atoms with Crippen molar-refractivity contribution in [2.75, 3.05) is 0 Å². The Morgan fingerprint density at radius 3 is 1.59 bits per heavy atom. The summed E-state index contributed by atoms with van der Waals surface area (Å²) in [6.07, 6.45) is 24.6. The van der Waals surface area contributed by atoms with E-state index in [-0.39, 0.29) is 29.6 Å². The van der Waals surface area contributed by atoms with Gasteiger partial charge in [0, 0.05) is 12.4 Å². The second kappa shape index (κ2) is 24.0. The van der Waals surface area contributed by atoms with E-state index in [1.807, 2.05) is 0 Å². The molecule has 0 aromatic carbocycles. The number of carbonyl (C=O) groups excluding carboxylic acids is 1. The van der Waals surface area contributed by atoms with Crippen molar-refractivity contribution in [1.29, 1.82) is 0 Å². The van der Waals surface area contributed by atoms with Crippen molar-refractivity contribution >= 4 is 11.9 Å². The Balaban J connectivity index is 0. The minimum absolute atomic E-state index is 0. The van der Waals surface area contributed by atoms with E-state index in [1.165, 1.54) is 83.5 Å². The molecule has 1 unspecified atom stereocenters. The number of hydrogen-bond acceptors (Lipinski definition) is 3. The maximum atomic E-state index is 10.9. The summed E-state index contributed by atoms with van der Waals surface area (Å²) in [7, 11) is 0. The summed E-state index contributed by atoms with van der Waals surface area (Å²) in [5.41, 5.74) is 0. The Morgan fingerprint density at radius 2 is 1.17 bits per heavy atom. The molecule has 0 rings (SSSR count). The van der Waals surface area contributed by atoms with Crippen LogP contribution in [0.1, 0.15) is 122 Å². The Kier molecular flexibility index (Phi) is 25.5. The molecule has 0 bridgehead atoms. The number of carboxylic acids is 2. The standard InChI is InChI=1S/C24H44O4.Na/c1-2-3-4-5-6-7-8-9-10-11-12-13-14-15-16-17-18-19-20-22(24(27)28)21-23(25)26;/h16-17,22H,2-15,18-21H2,1H3,(H,25,26)(H,27,28);/q;+1/p-1/b17-16+;. The van der Waals surface area contributed by atoms with E-state index in [4.69, 9.17) is 5.11 Å². The molecule has 0 aromatic rings. The van der Waals surface area contributed by atoms with Crippen molar-refractivity contribution in [3.8, 4) is 0 Å². The Hall–Kier alpha value is -0.320. The molecule has 0 fully saturated rings. The largest absolute Gasteiger partial charge is 1.00 e. The van der Waals surface area contributed by atoms with E-state index < -0.39 is 24.3 Å². The monoisotopic (exact) mass is 418 g/mol. The van der Waals surface area contributed by atoms with Gasteiger partial charge < -0.3 is 15.0 Å². The van der Waals surface area contributed by atoms with Crippen LogP contribution >= 0.6 is 0 Å². The van der Waals surface area contributed by atoms with Gasteiger partial charge in [0.1, 0.15) is 0 Å². The molecule has 0 aliphatic carbocycles. The van der Waals surface area contributed by atoms with Crippen molar-refractivity contribution in [3.05, 3.63) is 12.2 Å². The van der Waals surface area contributed by atoms with Gasteiger partial charge in [0.2, 0.25) is 0 Å². The first-order valence-corrected chi connectivity index (χ1v) is 11.7. The van der Waals surface area contributed by atoms with Gasteiger partial charge in [0.05, 0.1) is 5.92 Å². The molecule has 29 heavy (non-hydrogen) atoms. The number of rotatable bonds is 21. The molecule has 4 nitrogen and oxygen atoms in total. The molecule has 0 aliphatic rings. The van der Waals surface area contributed by atoms with Crippen molar-refractivity contribution in [2.24, 2.45) is 5.92 Å². The minimum Gasteiger partial charge on any atom is -0.550 e. The summed E-state index contributed by atoms with van der Waals surface area (Å²) < 4.78 is 0. The zero-order chi connectivity index (χ0) is 20.9. The van der Waals surface area contributed by atoms with Crippen LogP contribution in [0.2, 0.25) is 0 Å². The number of hydrogen-bond donors (Lipinski definition) is 1. The molecule has 164 valence electrons. The molecule has 0 amide bonds. The number of unbranched alkanes of at least 4 members (excludes halogenated alkanes) is 14. The second-order valence-corrected chi connectivity index (χ2v) is 8.04. The van der Waals surface area contributed by atoms with Gasteiger partial charge >= 0.3 is 35.5 Å². The maximum Gasteiger partial charge on any atom is 1.00 e. The summed E-state index contributed by atoms with van der Waals surface area (Å²) in [5, 5.41) is 19.5. The molecule has 0 radical (unpaired) electrons. The molecule has 0 saturated heterocycles. The molecular formula is C24H43NaO4. The SMILES string of the molecule is CCCCCCCCCCCCCCC/C=C/CCCC(CC(=O)[O-])C(=O)O.[Na+]. The van der Waals surface area contributed by atoms with Crippen molar-refractivity contribution in [3.63, 3.8) is 0 Å². The van der Waals surface area contributed by atoms with Crippen molar-refractivity contribution < 1.29 is 49.4 Å². The van der Waals surface area contributed by atoms with Crippen LogP contribution in [0.3, 0.4) is 0 Å². The molecule has 0 aliphatic heterocycles. The minimum atomic E-state index is -1.29. The fourth-order valence-corrected chi connectivity index (χ4v) is 3.51. The van der Waals surface area contributed by atoms with Gasteiger partial charge in [-0.1, -0.05) is 96.1 Å². The molecular weight excluding hydrogens is 375 g/mol. The van der Waals surface area contributed by atoms with Crippen LogP contribution in [-0.2, 0) is 9.59 Å². The molecule has 0 aromatic heterocycles. The van der Waals surface area contributed by atoms with Crippen LogP contribution in [-0.4, -0.2) is 17.0 Å². The van der Waals surface area contributed by atoms with Crippen molar-refractivity contribution in [2.45, 2.75) is 122 Å². The Labute approximate surface area is 201 Å². The van der Waals surface area contributed by atoms with E-state index in [9.17, 15) is 14.7 Å². The molecule has 0 spiro atoms. The fraction of sp³-hybridized carbons (Fsp3) is 0.833. The van der Waals surface area contributed by atoms with Gasteiger partial charge in [-0.05, 0) is 32.1 Å². The smallest absolute Gasteiger partial charge is 0.550 e. The zero-order valence-corrected chi connectivity index (χ0v) is 21.1. The van der Waals surface area contributed by atoms with Crippen LogP contribution in [0.25, 0.3) is 0 Å². The van der Waals surface area contributed by atoms with Gasteiger partial charge in [-0.15, -0.1) is 0 Å². The van der Waals surface area contributed by atoms with Crippen LogP contribution in [0, 0.1) is 5.92 Å². The first kappa shape index (κ1) is 30.9. The molecule has 0 heterocycles. The number of aliphatic carboxylic acids is 2. The van der Waals surface area contributed by atoms with Gasteiger partial charge in [-0.3, -0.25) is 4.79 Å². The predicted octanol–water partition coefficient (Wildman–Crippen LogP) is 3.04.